The summed E-state index contributed by atoms with van der Waals surface area (Å²) in [6, 6.07) is 0. The Balaban J connectivity index is 3.07. The van der Waals surface area contributed by atoms with Gasteiger partial charge in [-0.25, -0.2) is 9.97 Å². The Bertz CT molecular complexity index is 520. The molecule has 6 nitrogen and oxygen atoms in total. The quantitative estimate of drug-likeness (QED) is 0.753. The van der Waals surface area contributed by atoms with Gasteiger partial charge < -0.3 is 9.64 Å². The van der Waals surface area contributed by atoms with Gasteiger partial charge >= 0.3 is 5.97 Å². The minimum atomic E-state index is -0.480. The lowest BCUT2D eigenvalue weighted by molar-refractivity contribution is -0.141. The summed E-state index contributed by atoms with van der Waals surface area (Å²) in [5, 5.41) is 0.176. The summed E-state index contributed by atoms with van der Waals surface area (Å²) in [6.45, 7) is 6.07. The maximum absolute atomic E-state index is 12.5. The number of carbonyl (C=O) groups excluding carboxylic acids is 2. The molecule has 0 saturated heterocycles. The summed E-state index contributed by atoms with van der Waals surface area (Å²) in [5.74, 6) is -0.256. The van der Waals surface area contributed by atoms with Crippen molar-refractivity contribution >= 4 is 23.5 Å². The summed E-state index contributed by atoms with van der Waals surface area (Å²) in [6.07, 6.45) is 2.13. The molecule has 0 atom stereocenters. The zero-order valence-electron chi connectivity index (χ0n) is 12.7. The van der Waals surface area contributed by atoms with Gasteiger partial charge in [0.05, 0.1) is 18.3 Å². The first-order chi connectivity index (χ1) is 9.90. The number of carbonyl (C=O) groups is 2. The van der Waals surface area contributed by atoms with Crippen molar-refractivity contribution in [1.82, 2.24) is 14.9 Å². The van der Waals surface area contributed by atoms with Crippen molar-refractivity contribution in [2.24, 2.45) is 0 Å². The minimum absolute atomic E-state index is 0.0778. The van der Waals surface area contributed by atoms with Crippen LogP contribution < -0.4 is 0 Å². The van der Waals surface area contributed by atoms with Crippen molar-refractivity contribution in [3.05, 3.63) is 22.7 Å². The number of esters is 1. The molecule has 1 amide bonds. The van der Waals surface area contributed by atoms with Gasteiger partial charge in [0, 0.05) is 12.5 Å². The summed E-state index contributed by atoms with van der Waals surface area (Å²) in [4.78, 5) is 33.6. The third-order valence-corrected chi connectivity index (χ3v) is 3.09. The molecule has 1 heterocycles. The average Bonchev–Trinajstić information content (AvgIpc) is 2.46. The van der Waals surface area contributed by atoms with Gasteiger partial charge in [0.2, 0.25) is 0 Å². The zero-order chi connectivity index (χ0) is 16.0. The second-order valence-electron chi connectivity index (χ2n) is 4.88. The SMILES string of the molecule is CCCN(CC(=O)OC)C(=O)c1nc(C(C)C)ncc1Cl. The maximum atomic E-state index is 12.5. The van der Waals surface area contributed by atoms with Crippen LogP contribution in [0.5, 0.6) is 0 Å². The lowest BCUT2D eigenvalue weighted by Crippen LogP contribution is -2.37. The molecular formula is C14H20ClN3O3. The number of rotatable bonds is 6. The molecule has 0 aliphatic rings. The average molecular weight is 314 g/mol. The molecule has 0 aliphatic carbocycles. The standard InChI is InChI=1S/C14H20ClN3O3/c1-5-6-18(8-11(19)21-4)14(20)12-10(15)7-16-13(17-12)9(2)3/h7,9H,5-6,8H2,1-4H3. The first kappa shape index (κ1) is 17.4. The van der Waals surface area contributed by atoms with Crippen LogP contribution in [0.1, 0.15) is 49.4 Å². The van der Waals surface area contributed by atoms with Gasteiger partial charge in [-0.1, -0.05) is 32.4 Å². The van der Waals surface area contributed by atoms with Crippen LogP contribution in [0.2, 0.25) is 5.02 Å². The Kier molecular flexibility index (Phi) is 6.55. The minimum Gasteiger partial charge on any atom is -0.468 e. The molecule has 0 unspecified atom stereocenters. The number of hydrogen-bond acceptors (Lipinski definition) is 5. The highest BCUT2D eigenvalue weighted by atomic mass is 35.5. The lowest BCUT2D eigenvalue weighted by Gasteiger charge is -2.21. The highest BCUT2D eigenvalue weighted by Gasteiger charge is 2.23. The maximum Gasteiger partial charge on any atom is 0.325 e. The molecule has 0 aliphatic heterocycles. The molecular weight excluding hydrogens is 294 g/mol. The van der Waals surface area contributed by atoms with Crippen LogP contribution in [-0.2, 0) is 9.53 Å². The second kappa shape index (κ2) is 7.93. The fraction of sp³-hybridized carbons (Fsp3) is 0.571. The molecule has 21 heavy (non-hydrogen) atoms. The van der Waals surface area contributed by atoms with Gasteiger partial charge in [-0.3, -0.25) is 9.59 Å². The largest absolute Gasteiger partial charge is 0.468 e. The number of halogens is 1. The van der Waals surface area contributed by atoms with Crippen LogP contribution >= 0.6 is 11.6 Å². The molecule has 0 aromatic carbocycles. The van der Waals surface area contributed by atoms with Crippen LogP contribution in [-0.4, -0.2) is 46.9 Å². The predicted molar refractivity (Wildman–Crippen MR) is 79.3 cm³/mol. The molecule has 0 N–H and O–H groups in total. The number of ether oxygens (including phenoxy) is 1. The molecule has 1 aromatic heterocycles. The first-order valence-corrected chi connectivity index (χ1v) is 7.17. The van der Waals surface area contributed by atoms with E-state index in [1.165, 1.54) is 18.2 Å². The molecule has 1 rings (SSSR count). The normalized spacial score (nSPS) is 10.6. The number of hydrogen-bond donors (Lipinski definition) is 0. The Labute approximate surface area is 129 Å². The van der Waals surface area contributed by atoms with E-state index in [-0.39, 0.29) is 23.2 Å². The monoisotopic (exact) mass is 313 g/mol. The fourth-order valence-corrected chi connectivity index (χ4v) is 1.87. The van der Waals surface area contributed by atoms with E-state index in [0.717, 1.165) is 0 Å². The zero-order valence-corrected chi connectivity index (χ0v) is 13.5. The van der Waals surface area contributed by atoms with Crippen LogP contribution in [0.4, 0.5) is 0 Å². The molecule has 116 valence electrons. The van der Waals surface area contributed by atoms with E-state index in [9.17, 15) is 9.59 Å². The van der Waals surface area contributed by atoms with E-state index in [4.69, 9.17) is 11.6 Å². The second-order valence-corrected chi connectivity index (χ2v) is 5.29. The van der Waals surface area contributed by atoms with Gasteiger partial charge in [-0.2, -0.15) is 0 Å². The van der Waals surface area contributed by atoms with E-state index in [1.54, 1.807) is 0 Å². The predicted octanol–water partition coefficient (Wildman–Crippen LogP) is 2.28. The Morgan fingerprint density at radius 3 is 2.62 bits per heavy atom. The van der Waals surface area contributed by atoms with E-state index < -0.39 is 11.9 Å². The smallest absolute Gasteiger partial charge is 0.325 e. The Morgan fingerprint density at radius 1 is 1.43 bits per heavy atom. The number of amides is 1. The summed E-state index contributed by atoms with van der Waals surface area (Å²) < 4.78 is 4.61. The lowest BCUT2D eigenvalue weighted by atomic mass is 10.2. The summed E-state index contributed by atoms with van der Waals surface area (Å²) in [7, 11) is 1.28. The third kappa shape index (κ3) is 4.67. The summed E-state index contributed by atoms with van der Waals surface area (Å²) >= 11 is 6.02. The van der Waals surface area contributed by atoms with Gasteiger partial charge in [-0.05, 0) is 6.42 Å². The van der Waals surface area contributed by atoms with E-state index in [2.05, 4.69) is 14.7 Å². The first-order valence-electron chi connectivity index (χ1n) is 6.79. The van der Waals surface area contributed by atoms with Crippen molar-refractivity contribution in [3.63, 3.8) is 0 Å². The van der Waals surface area contributed by atoms with Crippen molar-refractivity contribution < 1.29 is 14.3 Å². The summed E-state index contributed by atoms with van der Waals surface area (Å²) in [5.41, 5.74) is 0.118. The van der Waals surface area contributed by atoms with Crippen molar-refractivity contribution in [2.75, 3.05) is 20.2 Å². The Morgan fingerprint density at radius 2 is 2.10 bits per heavy atom. The fourth-order valence-electron chi connectivity index (χ4n) is 1.70. The van der Waals surface area contributed by atoms with Gasteiger partial charge in [0.15, 0.2) is 5.69 Å². The third-order valence-electron chi connectivity index (χ3n) is 2.81. The molecule has 0 radical (unpaired) electrons. The van der Waals surface area contributed by atoms with E-state index in [1.807, 2.05) is 20.8 Å². The van der Waals surface area contributed by atoms with Crippen molar-refractivity contribution in [2.45, 2.75) is 33.1 Å². The van der Waals surface area contributed by atoms with Crippen LogP contribution in [0.3, 0.4) is 0 Å². The van der Waals surface area contributed by atoms with Crippen molar-refractivity contribution in [3.8, 4) is 0 Å². The number of nitrogens with zero attached hydrogens (tertiary/aromatic N) is 3. The van der Waals surface area contributed by atoms with Crippen LogP contribution in [0.15, 0.2) is 6.20 Å². The Hall–Kier alpha value is -1.69. The number of methoxy groups -OCH3 is 1. The molecule has 0 fully saturated rings. The van der Waals surface area contributed by atoms with Crippen LogP contribution in [0, 0.1) is 0 Å². The molecule has 0 spiro atoms. The number of aromatic nitrogens is 2. The van der Waals surface area contributed by atoms with Gasteiger partial charge in [0.25, 0.3) is 5.91 Å². The van der Waals surface area contributed by atoms with E-state index >= 15 is 0 Å². The van der Waals surface area contributed by atoms with Crippen LogP contribution in [0.25, 0.3) is 0 Å². The molecule has 0 bridgehead atoms. The van der Waals surface area contributed by atoms with Gasteiger partial charge in [-0.15, -0.1) is 0 Å². The van der Waals surface area contributed by atoms with Crippen molar-refractivity contribution in [1.29, 1.82) is 0 Å². The molecule has 7 heteroatoms. The topological polar surface area (TPSA) is 72.4 Å². The van der Waals surface area contributed by atoms with Gasteiger partial charge in [0.1, 0.15) is 12.4 Å². The highest BCUT2D eigenvalue weighted by Crippen LogP contribution is 2.18. The molecule has 0 saturated carbocycles. The van der Waals surface area contributed by atoms with E-state index in [0.29, 0.717) is 18.8 Å². The highest BCUT2D eigenvalue weighted by molar-refractivity contribution is 6.33. The molecule has 1 aromatic rings.